The van der Waals surface area contributed by atoms with Gasteiger partial charge in [-0.3, -0.25) is 14.5 Å². The highest BCUT2D eigenvalue weighted by Crippen LogP contribution is 2.20. The van der Waals surface area contributed by atoms with Crippen molar-refractivity contribution in [2.75, 3.05) is 6.54 Å². The molecule has 21 heavy (non-hydrogen) atoms. The second-order valence-electron chi connectivity index (χ2n) is 5.32. The third-order valence-electron chi connectivity index (χ3n) is 3.69. The van der Waals surface area contributed by atoms with Gasteiger partial charge in [0.15, 0.2) is 0 Å². The molecule has 1 fully saturated rings. The van der Waals surface area contributed by atoms with E-state index in [-0.39, 0.29) is 17.8 Å². The first kappa shape index (κ1) is 15.4. The molecule has 1 aromatic carbocycles. The minimum atomic E-state index is -1.05. The van der Waals surface area contributed by atoms with E-state index in [2.05, 4.69) is 5.32 Å². The molecule has 2 N–H and O–H groups in total. The van der Waals surface area contributed by atoms with Gasteiger partial charge >= 0.3 is 5.97 Å². The predicted octanol–water partition coefficient (Wildman–Crippen LogP) is 1.38. The Balaban J connectivity index is 1.98. The standard InChI is InChI=1S/C15H19FN2O3/c1-10(15(20)21)17-14(19)13-3-2-8-18(13)9-11-4-6-12(16)7-5-11/h4-7,10,13H,2-3,8-9H2,1H3,(H,17,19)(H,20,21)/t10-,13?/m0/s1. The van der Waals surface area contributed by atoms with Crippen molar-refractivity contribution in [2.45, 2.75) is 38.4 Å². The van der Waals surface area contributed by atoms with Crippen LogP contribution in [0.1, 0.15) is 25.3 Å². The van der Waals surface area contributed by atoms with Crippen LogP contribution in [0.5, 0.6) is 0 Å². The van der Waals surface area contributed by atoms with Crippen LogP contribution in [-0.2, 0) is 16.1 Å². The van der Waals surface area contributed by atoms with Crippen molar-refractivity contribution in [3.8, 4) is 0 Å². The Hall–Kier alpha value is -1.95. The Bertz CT molecular complexity index is 518. The van der Waals surface area contributed by atoms with E-state index in [0.29, 0.717) is 13.0 Å². The molecule has 1 aromatic rings. The summed E-state index contributed by atoms with van der Waals surface area (Å²) < 4.78 is 12.9. The van der Waals surface area contributed by atoms with Crippen LogP contribution < -0.4 is 5.32 Å². The lowest BCUT2D eigenvalue weighted by molar-refractivity contribution is -0.142. The molecule has 5 nitrogen and oxygen atoms in total. The zero-order chi connectivity index (χ0) is 15.4. The van der Waals surface area contributed by atoms with Crippen molar-refractivity contribution in [3.05, 3.63) is 35.6 Å². The highest BCUT2D eigenvalue weighted by molar-refractivity contribution is 5.86. The lowest BCUT2D eigenvalue weighted by Gasteiger charge is -2.24. The van der Waals surface area contributed by atoms with E-state index >= 15 is 0 Å². The molecule has 114 valence electrons. The van der Waals surface area contributed by atoms with Gasteiger partial charge in [-0.2, -0.15) is 0 Å². The van der Waals surface area contributed by atoms with Crippen molar-refractivity contribution in [1.82, 2.24) is 10.2 Å². The summed E-state index contributed by atoms with van der Waals surface area (Å²) >= 11 is 0. The number of hydrogen-bond acceptors (Lipinski definition) is 3. The Labute approximate surface area is 122 Å². The van der Waals surface area contributed by atoms with Gasteiger partial charge in [0.05, 0.1) is 6.04 Å². The molecule has 0 spiro atoms. The fraction of sp³-hybridized carbons (Fsp3) is 0.467. The van der Waals surface area contributed by atoms with Gasteiger partial charge in [-0.25, -0.2) is 4.39 Å². The van der Waals surface area contributed by atoms with E-state index in [1.54, 1.807) is 12.1 Å². The van der Waals surface area contributed by atoms with Gasteiger partial charge in [-0.05, 0) is 44.0 Å². The maximum Gasteiger partial charge on any atom is 0.325 e. The van der Waals surface area contributed by atoms with Crippen molar-refractivity contribution in [3.63, 3.8) is 0 Å². The Morgan fingerprint density at radius 3 is 2.71 bits per heavy atom. The number of halogens is 1. The molecule has 1 aliphatic heterocycles. The number of rotatable bonds is 5. The Morgan fingerprint density at radius 1 is 1.43 bits per heavy atom. The number of amides is 1. The van der Waals surface area contributed by atoms with Crippen LogP contribution in [0.25, 0.3) is 0 Å². The Kier molecular flexibility index (Phi) is 4.90. The smallest absolute Gasteiger partial charge is 0.325 e. The SMILES string of the molecule is C[C@H](NC(=O)C1CCCN1Cc1ccc(F)cc1)C(=O)O. The summed E-state index contributed by atoms with van der Waals surface area (Å²) in [6, 6.07) is 4.97. The van der Waals surface area contributed by atoms with Gasteiger partial charge in [-0.1, -0.05) is 12.1 Å². The molecule has 2 atom stereocenters. The number of carbonyl (C=O) groups is 2. The minimum Gasteiger partial charge on any atom is -0.480 e. The van der Waals surface area contributed by atoms with Crippen molar-refractivity contribution < 1.29 is 19.1 Å². The Morgan fingerprint density at radius 2 is 2.10 bits per heavy atom. The zero-order valence-corrected chi connectivity index (χ0v) is 11.9. The van der Waals surface area contributed by atoms with Crippen LogP contribution in [0.4, 0.5) is 4.39 Å². The second kappa shape index (κ2) is 6.67. The van der Waals surface area contributed by atoms with Crippen LogP contribution in [0.2, 0.25) is 0 Å². The molecule has 1 aliphatic rings. The number of nitrogens with zero attached hydrogens (tertiary/aromatic N) is 1. The van der Waals surface area contributed by atoms with Gasteiger partial charge in [0.25, 0.3) is 0 Å². The van der Waals surface area contributed by atoms with E-state index < -0.39 is 12.0 Å². The topological polar surface area (TPSA) is 69.6 Å². The summed E-state index contributed by atoms with van der Waals surface area (Å²) in [6.07, 6.45) is 1.60. The molecular weight excluding hydrogens is 275 g/mol. The van der Waals surface area contributed by atoms with Gasteiger partial charge in [0.1, 0.15) is 11.9 Å². The average Bonchev–Trinajstić information content (AvgIpc) is 2.89. The van der Waals surface area contributed by atoms with E-state index in [4.69, 9.17) is 5.11 Å². The molecule has 0 radical (unpaired) electrons. The summed E-state index contributed by atoms with van der Waals surface area (Å²) in [7, 11) is 0. The maximum absolute atomic E-state index is 12.9. The fourth-order valence-electron chi connectivity index (χ4n) is 2.51. The van der Waals surface area contributed by atoms with Gasteiger partial charge < -0.3 is 10.4 Å². The first-order chi connectivity index (χ1) is 9.97. The van der Waals surface area contributed by atoms with Crippen molar-refractivity contribution >= 4 is 11.9 Å². The molecule has 1 amide bonds. The lowest BCUT2D eigenvalue weighted by atomic mass is 10.1. The third kappa shape index (κ3) is 4.01. The maximum atomic E-state index is 12.9. The molecule has 1 heterocycles. The van der Waals surface area contributed by atoms with Gasteiger partial charge in [-0.15, -0.1) is 0 Å². The summed E-state index contributed by atoms with van der Waals surface area (Å²) in [6.45, 7) is 2.77. The molecule has 0 saturated carbocycles. The first-order valence-electron chi connectivity index (χ1n) is 6.99. The lowest BCUT2D eigenvalue weighted by Crippen LogP contribution is -2.48. The first-order valence-corrected chi connectivity index (χ1v) is 6.99. The van der Waals surface area contributed by atoms with Crippen LogP contribution >= 0.6 is 0 Å². The van der Waals surface area contributed by atoms with Gasteiger partial charge in [0, 0.05) is 6.54 Å². The van der Waals surface area contributed by atoms with Crippen LogP contribution in [-0.4, -0.2) is 40.5 Å². The molecule has 1 saturated heterocycles. The van der Waals surface area contributed by atoms with E-state index in [0.717, 1.165) is 18.5 Å². The summed E-state index contributed by atoms with van der Waals surface area (Å²) in [5.74, 6) is -1.60. The molecule has 0 bridgehead atoms. The predicted molar refractivity (Wildman–Crippen MR) is 75.1 cm³/mol. The average molecular weight is 294 g/mol. The number of carbonyl (C=O) groups excluding carboxylic acids is 1. The molecule has 0 aromatic heterocycles. The zero-order valence-electron chi connectivity index (χ0n) is 11.9. The number of likely N-dealkylation sites (tertiary alicyclic amines) is 1. The number of carboxylic acid groups (broad SMARTS) is 1. The number of benzene rings is 1. The number of aliphatic carboxylic acids is 1. The summed E-state index contributed by atoms with van der Waals surface area (Å²) in [5.41, 5.74) is 0.933. The van der Waals surface area contributed by atoms with Crippen LogP contribution in [0.15, 0.2) is 24.3 Å². The van der Waals surface area contributed by atoms with Gasteiger partial charge in [0.2, 0.25) is 5.91 Å². The molecule has 2 rings (SSSR count). The third-order valence-corrected chi connectivity index (χ3v) is 3.69. The van der Waals surface area contributed by atoms with E-state index in [1.807, 2.05) is 4.90 Å². The fourth-order valence-corrected chi connectivity index (χ4v) is 2.51. The molecule has 1 unspecified atom stereocenters. The summed E-state index contributed by atoms with van der Waals surface area (Å²) in [5, 5.41) is 11.3. The molecule has 0 aliphatic carbocycles. The number of nitrogens with one attached hydrogen (secondary N) is 1. The van der Waals surface area contributed by atoms with E-state index in [9.17, 15) is 14.0 Å². The van der Waals surface area contributed by atoms with Crippen molar-refractivity contribution in [2.24, 2.45) is 0 Å². The second-order valence-corrected chi connectivity index (χ2v) is 5.32. The van der Waals surface area contributed by atoms with Crippen molar-refractivity contribution in [1.29, 1.82) is 0 Å². The normalized spacial score (nSPS) is 20.2. The minimum absolute atomic E-state index is 0.260. The highest BCUT2D eigenvalue weighted by Gasteiger charge is 2.31. The molecular formula is C15H19FN2O3. The summed E-state index contributed by atoms with van der Waals surface area (Å²) in [4.78, 5) is 24.9. The number of hydrogen-bond donors (Lipinski definition) is 2. The largest absolute Gasteiger partial charge is 0.480 e. The quantitative estimate of drug-likeness (QED) is 0.861. The van der Waals surface area contributed by atoms with Crippen LogP contribution in [0.3, 0.4) is 0 Å². The van der Waals surface area contributed by atoms with E-state index in [1.165, 1.54) is 19.1 Å². The number of carboxylic acids is 1. The van der Waals surface area contributed by atoms with Crippen LogP contribution in [0, 0.1) is 5.82 Å². The highest BCUT2D eigenvalue weighted by atomic mass is 19.1. The molecule has 6 heteroatoms. The monoisotopic (exact) mass is 294 g/mol.